The zero-order valence-corrected chi connectivity index (χ0v) is 55.8. The van der Waals surface area contributed by atoms with E-state index in [1.165, 1.54) is 51.8 Å². The summed E-state index contributed by atoms with van der Waals surface area (Å²) in [5, 5.41) is 9.12. The van der Waals surface area contributed by atoms with Gasteiger partial charge in [-0.1, -0.05) is 165 Å². The minimum atomic E-state index is -1.55. The maximum absolute atomic E-state index is 15.2. The molecule has 7 rings (SSSR count). The van der Waals surface area contributed by atoms with E-state index in [1.54, 1.807) is 12.4 Å². The Bertz CT molecular complexity index is 3210. The van der Waals surface area contributed by atoms with E-state index in [9.17, 15) is 28.8 Å². The summed E-state index contributed by atoms with van der Waals surface area (Å²) in [6.07, 6.45) is 1.39. The van der Waals surface area contributed by atoms with Crippen molar-refractivity contribution in [2.45, 2.75) is 169 Å². The van der Waals surface area contributed by atoms with Gasteiger partial charge in [0.15, 0.2) is 24.4 Å². The number of carbonyl (C=O) groups is 8. The minimum Gasteiger partial charge on any atom is -0.451 e. The molecule has 8 atom stereocenters. The van der Waals surface area contributed by atoms with Crippen molar-refractivity contribution in [3.05, 3.63) is 156 Å². The highest BCUT2D eigenvalue weighted by atomic mass is 16.6. The molecule has 0 aliphatic carbocycles. The van der Waals surface area contributed by atoms with Crippen LogP contribution >= 0.6 is 0 Å². The summed E-state index contributed by atoms with van der Waals surface area (Å²) in [5.74, 6) is -7.53. The summed E-state index contributed by atoms with van der Waals surface area (Å²) in [5.41, 5.74) is 6.98. The van der Waals surface area contributed by atoms with Gasteiger partial charge in [0.2, 0.25) is 0 Å². The lowest BCUT2D eigenvalue weighted by molar-refractivity contribution is -0.176. The molecule has 0 saturated carbocycles. The van der Waals surface area contributed by atoms with Crippen LogP contribution in [0.4, 0.5) is 0 Å². The Kier molecular flexibility index (Phi) is 24.8. The fraction of sp³-hybridized carbons (Fsp3) is 0.472. The summed E-state index contributed by atoms with van der Waals surface area (Å²) >= 11 is 0. The maximum Gasteiger partial charge on any atom is 0.329 e. The van der Waals surface area contributed by atoms with Gasteiger partial charge in [-0.05, 0) is 96.6 Å². The molecular weight excluding hydrogens is 1170 g/mol. The zero-order valence-electron chi connectivity index (χ0n) is 55.8. The first-order valence-electron chi connectivity index (χ1n) is 31.9. The Balaban J connectivity index is 1.22. The van der Waals surface area contributed by atoms with Gasteiger partial charge >= 0.3 is 23.9 Å². The SMILES string of the molecule is CC(C)C[C@H]1C(=O)O[C@H](Cc2ccc(Cn3cc(-c4ccccc4)cn3)cc2)C(=O)N(C)[C@@H](CC(C)C)C(=O)O[C@H](C)C(=O)N(C)[C@@H](CC(C)C)C(=O)O[C@H](Cc2ccc(Cn3cc(-c4ccccc4)cn3)cc2)C(=O)N(C)[C@@H](CC(C)C)C(=O)O[C@H](C)C(=O)N1C. The summed E-state index contributed by atoms with van der Waals surface area (Å²) < 4.78 is 28.1. The quantitative estimate of drug-likeness (QED) is 0.0578. The van der Waals surface area contributed by atoms with Crippen LogP contribution in [0.2, 0.25) is 0 Å². The van der Waals surface area contributed by atoms with Crippen LogP contribution in [0.5, 0.6) is 0 Å². The van der Waals surface area contributed by atoms with Gasteiger partial charge in [-0.2, -0.15) is 10.2 Å². The largest absolute Gasteiger partial charge is 0.451 e. The van der Waals surface area contributed by atoms with Crippen LogP contribution in [0.25, 0.3) is 22.3 Å². The summed E-state index contributed by atoms with van der Waals surface area (Å²) in [6.45, 7) is 18.5. The highest BCUT2D eigenvalue weighted by Gasteiger charge is 2.43. The van der Waals surface area contributed by atoms with E-state index in [2.05, 4.69) is 10.2 Å². The number of nitrogens with zero attached hydrogens (tertiary/aromatic N) is 8. The van der Waals surface area contributed by atoms with Gasteiger partial charge in [0.1, 0.15) is 24.2 Å². The summed E-state index contributed by atoms with van der Waals surface area (Å²) in [4.78, 5) is 123. The van der Waals surface area contributed by atoms with Crippen LogP contribution < -0.4 is 0 Å². The molecule has 4 amide bonds. The fourth-order valence-corrected chi connectivity index (χ4v) is 11.3. The number of cyclic esters (lactones) is 4. The summed E-state index contributed by atoms with van der Waals surface area (Å²) in [6, 6.07) is 29.4. The Morgan fingerprint density at radius 2 is 0.630 bits per heavy atom. The molecule has 6 aromatic rings. The smallest absolute Gasteiger partial charge is 0.329 e. The van der Waals surface area contributed by atoms with Crippen molar-refractivity contribution < 1.29 is 57.3 Å². The van der Waals surface area contributed by atoms with Crippen LogP contribution in [0.1, 0.15) is 117 Å². The number of esters is 4. The molecule has 20 heteroatoms. The molecule has 20 nitrogen and oxygen atoms in total. The Morgan fingerprint density at radius 1 is 0.359 bits per heavy atom. The van der Waals surface area contributed by atoms with Crippen LogP contribution in [0, 0.1) is 23.7 Å². The van der Waals surface area contributed by atoms with Crippen molar-refractivity contribution in [3.8, 4) is 22.3 Å². The normalized spacial score (nSPS) is 21.7. The van der Waals surface area contributed by atoms with E-state index in [4.69, 9.17) is 18.9 Å². The molecular formula is C72H92N8O12. The molecule has 2 aromatic heterocycles. The van der Waals surface area contributed by atoms with E-state index in [0.29, 0.717) is 24.2 Å². The lowest BCUT2D eigenvalue weighted by atomic mass is 9.99. The summed E-state index contributed by atoms with van der Waals surface area (Å²) in [7, 11) is 5.59. The molecule has 1 aliphatic heterocycles. The second kappa shape index (κ2) is 32.4. The Labute approximate surface area is 541 Å². The van der Waals surface area contributed by atoms with E-state index in [-0.39, 0.29) is 62.2 Å². The highest BCUT2D eigenvalue weighted by molar-refractivity contribution is 5.94. The second-order valence-electron chi connectivity index (χ2n) is 26.0. The zero-order chi connectivity index (χ0) is 67.1. The Hall–Kier alpha value is -8.94. The van der Waals surface area contributed by atoms with Crippen molar-refractivity contribution in [3.63, 3.8) is 0 Å². The molecule has 1 saturated heterocycles. The average Bonchev–Trinajstić information content (AvgIpc) is 1.18. The minimum absolute atomic E-state index is 0.0727. The van der Waals surface area contributed by atoms with Crippen LogP contribution in [0.3, 0.4) is 0 Å². The topological polar surface area (TPSA) is 222 Å². The molecule has 1 fully saturated rings. The molecule has 1 aliphatic rings. The number of likely N-dealkylation sites (N-methyl/N-ethyl adjacent to an activating group) is 4. The number of hydrogen-bond acceptors (Lipinski definition) is 14. The van der Waals surface area contributed by atoms with Gasteiger partial charge < -0.3 is 38.5 Å². The predicted molar refractivity (Wildman–Crippen MR) is 349 cm³/mol. The maximum atomic E-state index is 15.2. The van der Waals surface area contributed by atoms with Crippen molar-refractivity contribution in [2.75, 3.05) is 28.2 Å². The third-order valence-corrected chi connectivity index (χ3v) is 16.5. The van der Waals surface area contributed by atoms with Crippen molar-refractivity contribution in [1.29, 1.82) is 0 Å². The molecule has 0 unspecified atom stereocenters. The standard InChI is InChI=1S/C72H92N8O12/c1-45(2)33-59-69(85)89-49(9)65(81)75(11)62(36-48(7)8)72(88)92-64(38-52-27-31-54(32-28-52)42-80-44-58(40-74-80)56-23-19-16-20-24-56)68(84)78(14)60(34-46(3)4)70(86)90-50(10)66(82)76(12)61(35-47(5)6)71(87)91-63(67(83)77(59)13)37-51-25-29-53(30-26-51)41-79-43-57(39-73-79)55-21-17-15-18-22-55/h15-32,39-40,43-50,59-64H,33-38,41-42H2,1-14H3/t49-,50-,59+,60+,61+,62+,63-,64-/m1/s1. The monoisotopic (exact) mass is 1260 g/mol. The average molecular weight is 1260 g/mol. The molecule has 492 valence electrons. The lowest BCUT2D eigenvalue weighted by Gasteiger charge is -2.35. The molecule has 0 bridgehead atoms. The van der Waals surface area contributed by atoms with Crippen molar-refractivity contribution >= 4 is 47.5 Å². The molecule has 92 heavy (non-hydrogen) atoms. The number of rotatable bonds is 18. The van der Waals surface area contributed by atoms with Gasteiger partial charge in [-0.3, -0.25) is 28.5 Å². The van der Waals surface area contributed by atoms with Crippen molar-refractivity contribution in [2.24, 2.45) is 23.7 Å². The number of ether oxygens (including phenoxy) is 4. The number of hydrogen-bond donors (Lipinski definition) is 0. The third-order valence-electron chi connectivity index (χ3n) is 16.5. The van der Waals surface area contributed by atoms with Gasteiger partial charge in [0.25, 0.3) is 23.6 Å². The van der Waals surface area contributed by atoms with E-state index < -0.39 is 96.1 Å². The number of carbonyl (C=O) groups excluding carboxylic acids is 8. The fourth-order valence-electron chi connectivity index (χ4n) is 11.3. The van der Waals surface area contributed by atoms with E-state index in [1.807, 2.05) is 186 Å². The van der Waals surface area contributed by atoms with E-state index >= 15 is 9.59 Å². The first-order chi connectivity index (χ1) is 43.7. The van der Waals surface area contributed by atoms with Crippen LogP contribution in [-0.4, -0.2) is 163 Å². The van der Waals surface area contributed by atoms with Crippen LogP contribution in [0.15, 0.2) is 134 Å². The van der Waals surface area contributed by atoms with Gasteiger partial charge in [-0.15, -0.1) is 0 Å². The van der Waals surface area contributed by atoms with E-state index in [0.717, 1.165) is 43.2 Å². The number of aromatic nitrogens is 4. The lowest BCUT2D eigenvalue weighted by Crippen LogP contribution is -2.55. The molecule has 0 N–H and O–H groups in total. The second-order valence-corrected chi connectivity index (χ2v) is 26.0. The number of amides is 4. The molecule has 0 spiro atoms. The molecule has 4 aromatic carbocycles. The number of benzene rings is 4. The van der Waals surface area contributed by atoms with Crippen molar-refractivity contribution in [1.82, 2.24) is 39.2 Å². The molecule has 3 heterocycles. The van der Waals surface area contributed by atoms with Gasteiger partial charge in [0, 0.05) is 64.6 Å². The highest BCUT2D eigenvalue weighted by Crippen LogP contribution is 2.26. The third kappa shape index (κ3) is 19.1. The van der Waals surface area contributed by atoms with Gasteiger partial charge in [-0.25, -0.2) is 19.2 Å². The molecule has 0 radical (unpaired) electrons. The Morgan fingerprint density at radius 3 is 0.924 bits per heavy atom. The van der Waals surface area contributed by atoms with Gasteiger partial charge in [0.05, 0.1) is 25.5 Å². The van der Waals surface area contributed by atoms with Crippen LogP contribution in [-0.2, 0) is 83.2 Å². The first kappa shape index (κ1) is 70.5. The predicted octanol–water partition coefficient (Wildman–Crippen LogP) is 9.49. The first-order valence-corrected chi connectivity index (χ1v) is 31.9.